The zero-order chi connectivity index (χ0) is 28.5. The first-order valence-corrected chi connectivity index (χ1v) is 14.5. The molecule has 0 saturated heterocycles. The van der Waals surface area contributed by atoms with Crippen molar-refractivity contribution < 1.29 is 117 Å². The van der Waals surface area contributed by atoms with E-state index in [-0.39, 0.29) is 116 Å². The fourth-order valence-electron chi connectivity index (χ4n) is 5.10. The number of nitrogens with zero attached hydrogens (tertiary/aromatic N) is 1. The number of fused-ring (bicyclic) bond motifs is 2. The number of Topliss-reactive ketones (excluding diaryl/α,β-unsaturated/α-hetero) is 1. The summed E-state index contributed by atoms with van der Waals surface area (Å²) in [4.78, 5) is 25.3. The molecule has 1 amide bonds. The number of primary amides is 1. The second-order valence-electron chi connectivity index (χ2n) is 11.0. The molecule has 13 heteroatoms. The van der Waals surface area contributed by atoms with E-state index in [4.69, 9.17) is 10.5 Å². The van der Waals surface area contributed by atoms with E-state index in [0.717, 1.165) is 12.8 Å². The summed E-state index contributed by atoms with van der Waals surface area (Å²) in [6, 6.07) is 11.2. The predicted molar refractivity (Wildman–Crippen MR) is 148 cm³/mol. The summed E-state index contributed by atoms with van der Waals surface area (Å²) in [5, 5.41) is 16.7. The smallest absolute Gasteiger partial charge is 0.871 e. The molecule has 0 fully saturated rings. The Labute approximate surface area is 315 Å². The number of amides is 1. The maximum atomic E-state index is 14.4. The third kappa shape index (κ3) is 8.47. The van der Waals surface area contributed by atoms with Gasteiger partial charge in [-0.2, -0.15) is 0 Å². The van der Waals surface area contributed by atoms with E-state index in [1.807, 2.05) is 12.1 Å². The Morgan fingerprint density at radius 1 is 1.02 bits per heavy atom. The molecule has 2 aliphatic rings. The molecule has 1 aliphatic carbocycles. The minimum Gasteiger partial charge on any atom is -0.871 e. The van der Waals surface area contributed by atoms with Gasteiger partial charge >= 0.3 is 88.7 Å². The Morgan fingerprint density at radius 2 is 1.62 bits per heavy atom. The molecule has 2 aromatic carbocycles. The number of sulfonamides is 1. The molecule has 0 atom stereocenters. The van der Waals surface area contributed by atoms with Crippen LogP contribution in [0.5, 0.6) is 5.75 Å². The average molecular weight is 622 g/mol. The SMILES string of the molecule is CC(C)CCC1(CCC(C)C)C(=O)C(C2=NS([O-])([O-])c3cc(OCC(N)=O)ccc3N2)=C([O-])c2ccccc21.[Na+].[Na+].[Na+]. The van der Waals surface area contributed by atoms with Gasteiger partial charge in [0.05, 0.1) is 16.7 Å². The number of rotatable bonds is 10. The van der Waals surface area contributed by atoms with Crippen LogP contribution in [0.4, 0.5) is 5.69 Å². The largest absolute Gasteiger partial charge is 1.00 e. The quantitative estimate of drug-likeness (QED) is 0.252. The maximum Gasteiger partial charge on any atom is 1.00 e. The van der Waals surface area contributed by atoms with Crippen LogP contribution >= 0.6 is 10.8 Å². The third-order valence-electron chi connectivity index (χ3n) is 7.19. The second kappa shape index (κ2) is 16.3. The van der Waals surface area contributed by atoms with Crippen LogP contribution in [-0.4, -0.2) is 33.2 Å². The third-order valence-corrected chi connectivity index (χ3v) is 8.50. The van der Waals surface area contributed by atoms with Crippen LogP contribution in [0.3, 0.4) is 0 Å². The molecule has 2 aromatic rings. The van der Waals surface area contributed by atoms with Gasteiger partial charge in [-0.15, -0.1) is 0 Å². The van der Waals surface area contributed by atoms with E-state index < -0.39 is 40.2 Å². The summed E-state index contributed by atoms with van der Waals surface area (Å²) in [7, 11) is -4.31. The van der Waals surface area contributed by atoms with E-state index in [1.165, 1.54) is 18.2 Å². The summed E-state index contributed by atoms with van der Waals surface area (Å²) in [6.07, 6.45) is 2.58. The minimum absolute atomic E-state index is 0. The maximum absolute atomic E-state index is 14.4. The van der Waals surface area contributed by atoms with Gasteiger partial charge in [0.15, 0.2) is 18.2 Å². The Kier molecular flexibility index (Phi) is 15.4. The van der Waals surface area contributed by atoms with Crippen LogP contribution in [0.15, 0.2) is 57.3 Å². The summed E-state index contributed by atoms with van der Waals surface area (Å²) in [5.41, 5.74) is 5.12. The van der Waals surface area contributed by atoms with Crippen LogP contribution in [-0.2, 0) is 15.0 Å². The fraction of sp³-hybridized carbons (Fsp3) is 0.414. The number of nitrogens with one attached hydrogen (secondary N) is 1. The van der Waals surface area contributed by atoms with Crippen LogP contribution < -0.4 is 110 Å². The Balaban J connectivity index is 0.00000294. The number of carbonyl (C=O) groups excluding carboxylic acids is 2. The number of anilines is 1. The van der Waals surface area contributed by atoms with Crippen LogP contribution in [0.1, 0.15) is 64.5 Å². The van der Waals surface area contributed by atoms with Crippen molar-refractivity contribution in [2.24, 2.45) is 22.0 Å². The molecule has 0 unspecified atom stereocenters. The molecule has 3 N–H and O–H groups in total. The first-order chi connectivity index (χ1) is 18.4. The number of amidine groups is 1. The fourth-order valence-corrected chi connectivity index (χ4v) is 6.23. The number of hydrogen-bond donors (Lipinski definition) is 2. The molecular formula is C29H34N3Na3O6S. The van der Waals surface area contributed by atoms with Crippen molar-refractivity contribution in [1.82, 2.24) is 0 Å². The van der Waals surface area contributed by atoms with Gasteiger partial charge in [-0.25, -0.2) is 4.40 Å². The second-order valence-corrected chi connectivity index (χ2v) is 12.6. The summed E-state index contributed by atoms with van der Waals surface area (Å²) in [5.74, 6) is -1.18. The molecule has 210 valence electrons. The molecule has 1 aliphatic heterocycles. The van der Waals surface area contributed by atoms with Crippen molar-refractivity contribution in [2.45, 2.75) is 63.7 Å². The first-order valence-electron chi connectivity index (χ1n) is 13.1. The van der Waals surface area contributed by atoms with E-state index in [2.05, 4.69) is 37.4 Å². The number of carbonyl (C=O) groups is 2. The number of ketones is 1. The van der Waals surface area contributed by atoms with Crippen molar-refractivity contribution in [1.29, 1.82) is 0 Å². The van der Waals surface area contributed by atoms with Gasteiger partial charge < -0.3 is 40.8 Å². The monoisotopic (exact) mass is 621 g/mol. The van der Waals surface area contributed by atoms with Crippen molar-refractivity contribution in [3.63, 3.8) is 0 Å². The molecule has 1 heterocycles. The average Bonchev–Trinajstić information content (AvgIpc) is 2.87. The van der Waals surface area contributed by atoms with E-state index in [1.54, 1.807) is 12.1 Å². The molecule has 0 spiro atoms. The van der Waals surface area contributed by atoms with Gasteiger partial charge in [-0.1, -0.05) is 57.7 Å². The number of ether oxygens (including phenoxy) is 1. The standard InChI is InChI=1S/C29H37N3O6S.3Na/c1-17(2)11-13-29(14-12-18(3)4)21-8-6-5-7-20(21)26(34)25(27(29)35)28-31-22-10-9-19(38-16-24(30)33)15-23(22)39(36,37)32-28;;;/h5-10,15,17-18,34,36-37H,11-14,16H2,1-4H3,(H2,30,33)(H,31,32);;;/q;3*+1/p-3. The number of hydrogen-bond acceptors (Lipinski definition) is 8. The van der Waals surface area contributed by atoms with Gasteiger partial charge in [0, 0.05) is 11.0 Å². The summed E-state index contributed by atoms with van der Waals surface area (Å²) >= 11 is 0. The number of benzene rings is 2. The van der Waals surface area contributed by atoms with E-state index in [9.17, 15) is 23.8 Å². The van der Waals surface area contributed by atoms with Gasteiger partial charge in [0.1, 0.15) is 5.75 Å². The topological polar surface area (TPSA) is 163 Å². The van der Waals surface area contributed by atoms with Crippen molar-refractivity contribution in [3.05, 3.63) is 59.2 Å². The Bertz CT molecular complexity index is 1350. The zero-order valence-corrected chi connectivity index (χ0v) is 32.4. The molecule has 0 aromatic heterocycles. The normalized spacial score (nSPS) is 17.0. The van der Waals surface area contributed by atoms with Crippen molar-refractivity contribution in [3.8, 4) is 5.75 Å². The first kappa shape index (κ1) is 39.7. The molecule has 0 saturated carbocycles. The number of nitrogens with two attached hydrogens (primary N) is 1. The van der Waals surface area contributed by atoms with Gasteiger partial charge in [-0.05, 0) is 60.8 Å². The van der Waals surface area contributed by atoms with Crippen LogP contribution in [0, 0.1) is 11.8 Å². The molecule has 0 bridgehead atoms. The Morgan fingerprint density at radius 3 is 2.19 bits per heavy atom. The van der Waals surface area contributed by atoms with Crippen molar-refractivity contribution in [2.75, 3.05) is 11.9 Å². The molecule has 42 heavy (non-hydrogen) atoms. The minimum atomic E-state index is -4.31. The molecule has 4 rings (SSSR count). The molecule has 9 nitrogen and oxygen atoms in total. The van der Waals surface area contributed by atoms with Gasteiger partial charge in [-0.3, -0.25) is 9.59 Å². The van der Waals surface area contributed by atoms with Crippen molar-refractivity contribution >= 4 is 39.7 Å². The van der Waals surface area contributed by atoms with E-state index >= 15 is 0 Å². The zero-order valence-electron chi connectivity index (χ0n) is 25.6. The van der Waals surface area contributed by atoms with Gasteiger partial charge in [0.25, 0.3) is 5.91 Å². The Hall–Kier alpha value is -0.340. The van der Waals surface area contributed by atoms with Crippen LogP contribution in [0.25, 0.3) is 5.76 Å². The summed E-state index contributed by atoms with van der Waals surface area (Å²) < 4.78 is 35.6. The molecule has 0 radical (unpaired) electrons. The predicted octanol–water partition coefficient (Wildman–Crippen LogP) is -4.81. The van der Waals surface area contributed by atoms with Crippen LogP contribution in [0.2, 0.25) is 0 Å². The van der Waals surface area contributed by atoms with E-state index in [0.29, 0.717) is 35.8 Å². The molecular weight excluding hydrogens is 587 g/mol. The van der Waals surface area contributed by atoms with Gasteiger partial charge in [0.2, 0.25) is 0 Å². The summed E-state index contributed by atoms with van der Waals surface area (Å²) in [6.45, 7) is 7.92.